The van der Waals surface area contributed by atoms with Crippen molar-refractivity contribution in [2.75, 3.05) is 38.2 Å². The maximum absolute atomic E-state index is 12.9. The number of nitrogens with one attached hydrogen (secondary N) is 1. The van der Waals surface area contributed by atoms with Gasteiger partial charge >= 0.3 is 0 Å². The molecule has 1 saturated heterocycles. The molecule has 0 saturated carbocycles. The van der Waals surface area contributed by atoms with Crippen molar-refractivity contribution in [3.63, 3.8) is 0 Å². The third kappa shape index (κ3) is 5.49. The summed E-state index contributed by atoms with van der Waals surface area (Å²) in [4.78, 5) is 39.7. The largest absolute Gasteiger partial charge is 0.492 e. The predicted molar refractivity (Wildman–Crippen MR) is 126 cm³/mol. The molecular formula is C25H26N4O5. The summed E-state index contributed by atoms with van der Waals surface area (Å²) in [6, 6.07) is 17.1. The fourth-order valence-electron chi connectivity index (χ4n) is 3.62. The molecule has 1 fully saturated rings. The maximum atomic E-state index is 12.9. The van der Waals surface area contributed by atoms with Gasteiger partial charge in [0.2, 0.25) is 0 Å². The highest BCUT2D eigenvalue weighted by Crippen LogP contribution is 2.21. The SMILES string of the molecule is Cc1c(NC(=O)c2ccc(=O)n(CCOc3ccccc3)n2)cccc1C(=O)N1CCOCC1. The van der Waals surface area contributed by atoms with E-state index in [1.807, 2.05) is 30.3 Å². The van der Waals surface area contributed by atoms with Gasteiger partial charge in [0.1, 0.15) is 18.1 Å². The highest BCUT2D eigenvalue weighted by molar-refractivity contribution is 6.04. The number of amides is 2. The molecule has 9 nitrogen and oxygen atoms in total. The number of ether oxygens (including phenoxy) is 2. The molecule has 0 atom stereocenters. The van der Waals surface area contributed by atoms with Crippen LogP contribution in [-0.2, 0) is 11.3 Å². The molecule has 1 N–H and O–H groups in total. The van der Waals surface area contributed by atoms with Crippen molar-refractivity contribution in [3.8, 4) is 5.75 Å². The molecule has 1 aliphatic heterocycles. The second kappa shape index (κ2) is 10.8. The van der Waals surface area contributed by atoms with Crippen molar-refractivity contribution in [1.29, 1.82) is 0 Å². The van der Waals surface area contributed by atoms with Crippen LogP contribution in [-0.4, -0.2) is 59.4 Å². The Morgan fingerprint density at radius 2 is 1.79 bits per heavy atom. The number of benzene rings is 2. The summed E-state index contributed by atoms with van der Waals surface area (Å²) in [6.07, 6.45) is 0. The van der Waals surface area contributed by atoms with E-state index in [4.69, 9.17) is 9.47 Å². The van der Waals surface area contributed by atoms with Crippen LogP contribution in [0.4, 0.5) is 5.69 Å². The van der Waals surface area contributed by atoms with Crippen LogP contribution in [0.2, 0.25) is 0 Å². The van der Waals surface area contributed by atoms with Crippen LogP contribution in [0.1, 0.15) is 26.4 Å². The molecule has 0 unspecified atom stereocenters. The van der Waals surface area contributed by atoms with Gasteiger partial charge in [-0.25, -0.2) is 4.68 Å². The van der Waals surface area contributed by atoms with E-state index in [-0.39, 0.29) is 30.3 Å². The zero-order chi connectivity index (χ0) is 23.9. The van der Waals surface area contributed by atoms with Gasteiger partial charge in [0.25, 0.3) is 17.4 Å². The first-order valence-electron chi connectivity index (χ1n) is 11.1. The Bertz CT molecular complexity index is 1220. The monoisotopic (exact) mass is 462 g/mol. The molecular weight excluding hydrogens is 436 g/mol. The number of nitrogens with zero attached hydrogens (tertiary/aromatic N) is 3. The summed E-state index contributed by atoms with van der Waals surface area (Å²) in [5.74, 6) is 0.116. The summed E-state index contributed by atoms with van der Waals surface area (Å²) in [6.45, 7) is 4.31. The van der Waals surface area contributed by atoms with Crippen molar-refractivity contribution in [2.45, 2.75) is 13.5 Å². The van der Waals surface area contributed by atoms with E-state index in [0.717, 1.165) is 0 Å². The molecule has 0 aliphatic carbocycles. The van der Waals surface area contributed by atoms with E-state index in [1.54, 1.807) is 30.0 Å². The molecule has 34 heavy (non-hydrogen) atoms. The molecule has 3 aromatic rings. The van der Waals surface area contributed by atoms with Crippen LogP contribution in [0, 0.1) is 6.92 Å². The second-order valence-electron chi connectivity index (χ2n) is 7.78. The van der Waals surface area contributed by atoms with Crippen LogP contribution >= 0.6 is 0 Å². The molecule has 0 spiro atoms. The summed E-state index contributed by atoms with van der Waals surface area (Å²) in [5.41, 5.74) is 1.45. The number of morpholine rings is 1. The highest BCUT2D eigenvalue weighted by Gasteiger charge is 2.21. The first-order chi connectivity index (χ1) is 16.5. The Balaban J connectivity index is 1.44. The van der Waals surface area contributed by atoms with Gasteiger partial charge in [-0.1, -0.05) is 24.3 Å². The lowest BCUT2D eigenvalue weighted by Gasteiger charge is -2.27. The van der Waals surface area contributed by atoms with E-state index in [1.165, 1.54) is 16.8 Å². The van der Waals surface area contributed by atoms with Gasteiger partial charge in [0, 0.05) is 30.4 Å². The normalized spacial score (nSPS) is 13.4. The number of para-hydroxylation sites is 1. The summed E-state index contributed by atoms with van der Waals surface area (Å²) in [7, 11) is 0. The Kier molecular flexibility index (Phi) is 7.34. The number of carbonyl (C=O) groups is 2. The zero-order valence-corrected chi connectivity index (χ0v) is 18.9. The molecule has 2 amide bonds. The zero-order valence-electron chi connectivity index (χ0n) is 18.9. The molecule has 0 bridgehead atoms. The maximum Gasteiger partial charge on any atom is 0.276 e. The highest BCUT2D eigenvalue weighted by atomic mass is 16.5. The lowest BCUT2D eigenvalue weighted by Crippen LogP contribution is -2.41. The van der Waals surface area contributed by atoms with Crippen LogP contribution in [0.15, 0.2) is 65.5 Å². The number of rotatable bonds is 7. The van der Waals surface area contributed by atoms with Crippen LogP contribution in [0.5, 0.6) is 5.75 Å². The van der Waals surface area contributed by atoms with E-state index in [9.17, 15) is 14.4 Å². The summed E-state index contributed by atoms with van der Waals surface area (Å²) >= 11 is 0. The number of carbonyl (C=O) groups excluding carboxylic acids is 2. The predicted octanol–water partition coefficient (Wildman–Crippen LogP) is 2.36. The van der Waals surface area contributed by atoms with Gasteiger partial charge in [0.05, 0.1) is 19.8 Å². The van der Waals surface area contributed by atoms with E-state index < -0.39 is 5.91 Å². The van der Waals surface area contributed by atoms with Crippen LogP contribution in [0.3, 0.4) is 0 Å². The van der Waals surface area contributed by atoms with Crippen molar-refractivity contribution >= 4 is 17.5 Å². The van der Waals surface area contributed by atoms with Gasteiger partial charge in [-0.2, -0.15) is 5.10 Å². The topological polar surface area (TPSA) is 103 Å². The lowest BCUT2D eigenvalue weighted by atomic mass is 10.0. The smallest absolute Gasteiger partial charge is 0.276 e. The van der Waals surface area contributed by atoms with Crippen LogP contribution < -0.4 is 15.6 Å². The summed E-state index contributed by atoms with van der Waals surface area (Å²) < 4.78 is 12.1. The fourth-order valence-corrected chi connectivity index (χ4v) is 3.62. The average Bonchev–Trinajstić information content (AvgIpc) is 2.87. The molecule has 1 aromatic heterocycles. The lowest BCUT2D eigenvalue weighted by molar-refractivity contribution is 0.0302. The van der Waals surface area contributed by atoms with Crippen molar-refractivity contribution in [1.82, 2.24) is 14.7 Å². The number of hydrogen-bond acceptors (Lipinski definition) is 6. The third-order valence-corrected chi connectivity index (χ3v) is 5.52. The Morgan fingerprint density at radius 3 is 2.56 bits per heavy atom. The van der Waals surface area contributed by atoms with Crippen LogP contribution in [0.25, 0.3) is 0 Å². The third-order valence-electron chi connectivity index (χ3n) is 5.52. The number of hydrogen-bond donors (Lipinski definition) is 1. The Hall–Kier alpha value is -3.98. The summed E-state index contributed by atoms with van der Waals surface area (Å²) in [5, 5.41) is 6.99. The van der Waals surface area contributed by atoms with Crippen molar-refractivity contribution in [3.05, 3.63) is 87.8 Å². The van der Waals surface area contributed by atoms with E-state index in [2.05, 4.69) is 10.4 Å². The minimum atomic E-state index is -0.475. The number of aromatic nitrogens is 2. The minimum absolute atomic E-state index is 0.0867. The fraction of sp³-hybridized carbons (Fsp3) is 0.280. The molecule has 2 aromatic carbocycles. The van der Waals surface area contributed by atoms with Gasteiger partial charge in [-0.05, 0) is 42.8 Å². The molecule has 2 heterocycles. The Labute approximate surface area is 196 Å². The van der Waals surface area contributed by atoms with Gasteiger partial charge < -0.3 is 19.7 Å². The number of anilines is 1. The van der Waals surface area contributed by atoms with E-state index in [0.29, 0.717) is 48.9 Å². The molecule has 1 aliphatic rings. The first kappa shape index (κ1) is 23.2. The molecule has 4 rings (SSSR count). The van der Waals surface area contributed by atoms with Crippen molar-refractivity contribution < 1.29 is 19.1 Å². The first-order valence-corrected chi connectivity index (χ1v) is 11.1. The average molecular weight is 463 g/mol. The van der Waals surface area contributed by atoms with Gasteiger partial charge in [0.15, 0.2) is 0 Å². The second-order valence-corrected chi connectivity index (χ2v) is 7.78. The van der Waals surface area contributed by atoms with E-state index >= 15 is 0 Å². The van der Waals surface area contributed by atoms with Gasteiger partial charge in [-0.3, -0.25) is 14.4 Å². The standard InChI is InChI=1S/C25H26N4O5/c1-18-20(25(32)28-12-15-33-16-13-28)8-5-9-21(18)26-24(31)22-10-11-23(30)29(27-22)14-17-34-19-6-3-2-4-7-19/h2-11H,12-17H2,1H3,(H,26,31). The quantitative estimate of drug-likeness (QED) is 0.578. The Morgan fingerprint density at radius 1 is 1.03 bits per heavy atom. The molecule has 176 valence electrons. The molecule has 0 radical (unpaired) electrons. The van der Waals surface area contributed by atoms with Gasteiger partial charge in [-0.15, -0.1) is 0 Å². The molecule has 9 heteroatoms. The van der Waals surface area contributed by atoms with Crippen molar-refractivity contribution in [2.24, 2.45) is 0 Å². The minimum Gasteiger partial charge on any atom is -0.492 e.